The lowest BCUT2D eigenvalue weighted by Crippen LogP contribution is -2.08. The Morgan fingerprint density at radius 3 is 1.20 bits per heavy atom. The van der Waals surface area contributed by atoms with Crippen molar-refractivity contribution in [2.45, 2.75) is 0 Å². The van der Waals surface area contributed by atoms with Gasteiger partial charge in [-0.15, -0.1) is 0 Å². The molecule has 0 saturated heterocycles. The zero-order valence-corrected chi connectivity index (χ0v) is 47.1. The number of furan rings is 2. The summed E-state index contributed by atoms with van der Waals surface area (Å²) in [5, 5.41) is 14.6. The lowest BCUT2D eigenvalue weighted by molar-refractivity contribution is 0.668. The van der Waals surface area contributed by atoms with Crippen LogP contribution in [0.15, 0.2) is 288 Å². The number of fused-ring (bicyclic) bond motifs is 19. The van der Waals surface area contributed by atoms with E-state index in [1.54, 1.807) is 0 Å². The van der Waals surface area contributed by atoms with E-state index in [2.05, 4.69) is 273 Å². The van der Waals surface area contributed by atoms with E-state index in [1.807, 2.05) is 24.3 Å². The highest BCUT2D eigenvalue weighted by molar-refractivity contribution is 6.19. The van der Waals surface area contributed by atoms with Crippen molar-refractivity contribution < 1.29 is 8.83 Å². The van der Waals surface area contributed by atoms with Crippen molar-refractivity contribution in [3.63, 3.8) is 0 Å². The van der Waals surface area contributed by atoms with Crippen molar-refractivity contribution in [1.82, 2.24) is 28.2 Å². The summed E-state index contributed by atoms with van der Waals surface area (Å²) in [6, 6.07) is 100. The van der Waals surface area contributed by atoms with Crippen LogP contribution in [0.2, 0.25) is 0 Å². The average molecular weight is 1120 g/mol. The van der Waals surface area contributed by atoms with E-state index in [9.17, 15) is 0 Å². The van der Waals surface area contributed by atoms with Crippen LogP contribution in [0.5, 0.6) is 0 Å². The predicted octanol–water partition coefficient (Wildman–Crippen LogP) is 21.2. The molecule has 0 unspecified atom stereocenters. The van der Waals surface area contributed by atoms with Gasteiger partial charge in [-0.05, 0) is 144 Å². The molecule has 0 bridgehead atoms. The first-order chi connectivity index (χ1) is 43.6. The molecule has 0 atom stereocenters. The van der Waals surface area contributed by atoms with Gasteiger partial charge in [-0.2, -0.15) is 4.98 Å². The maximum absolute atomic E-state index is 6.67. The van der Waals surface area contributed by atoms with Gasteiger partial charge >= 0.3 is 0 Å². The van der Waals surface area contributed by atoms with Gasteiger partial charge in [-0.25, -0.2) is 4.98 Å². The molecule has 0 spiro atoms. The van der Waals surface area contributed by atoms with Crippen LogP contribution in [0.4, 0.5) is 0 Å². The minimum absolute atomic E-state index is 0.573. The van der Waals surface area contributed by atoms with Crippen molar-refractivity contribution in [3.8, 4) is 45.4 Å². The number of para-hydroxylation sites is 7. The molecule has 0 N–H and O–H groups in total. The lowest BCUT2D eigenvalue weighted by Gasteiger charge is -2.16. The second-order valence-electron chi connectivity index (χ2n) is 23.3. The van der Waals surface area contributed by atoms with E-state index >= 15 is 0 Å². The second-order valence-corrected chi connectivity index (χ2v) is 23.3. The van der Waals surface area contributed by atoms with Gasteiger partial charge in [0.25, 0.3) is 0 Å². The SMILES string of the molecule is c1ccc(-n2c3ccccc3c3cc(-c4ccc5c(c4)c4ccccc4n5-c4ccc5nc(-n6c7ccccc7c7cc(-c8ccc9oc%10ccccc%10c9c8)ccc76)nc(-n6c7ccccc7c7cc8c(cc76)oc6ccccc68)c5c4)ccc32)cc1. The monoisotopic (exact) mass is 1120 g/mol. The largest absolute Gasteiger partial charge is 0.456 e. The minimum Gasteiger partial charge on any atom is -0.456 e. The quantitative estimate of drug-likeness (QED) is 0.166. The van der Waals surface area contributed by atoms with Gasteiger partial charge in [-0.1, -0.05) is 152 Å². The van der Waals surface area contributed by atoms with Crippen LogP contribution in [0.1, 0.15) is 0 Å². The Kier molecular flexibility index (Phi) is 9.57. The first kappa shape index (κ1) is 47.4. The third kappa shape index (κ3) is 6.68. The van der Waals surface area contributed by atoms with Crippen LogP contribution in [0.3, 0.4) is 0 Å². The summed E-state index contributed by atoms with van der Waals surface area (Å²) in [6.45, 7) is 0. The van der Waals surface area contributed by atoms with Crippen LogP contribution in [-0.2, 0) is 0 Å². The molecular formula is C80H46N6O2. The normalized spacial score (nSPS) is 12.3. The molecule has 0 saturated carbocycles. The Morgan fingerprint density at radius 2 is 0.625 bits per heavy atom. The van der Waals surface area contributed by atoms with Gasteiger partial charge in [0, 0.05) is 87.5 Å². The minimum atomic E-state index is 0.573. The fourth-order valence-corrected chi connectivity index (χ4v) is 14.6. The van der Waals surface area contributed by atoms with Crippen LogP contribution in [0, 0.1) is 0 Å². The number of rotatable bonds is 6. The standard InChI is InChI=1S/C80H46N6O2/c1-2-16-51(17-3-1)83-67-24-10-4-18-53(67)59-40-47(30-36-71(59)83)48-31-37-72-60(41-48)54-19-5-11-25-68(54)84(72)52-34-35-66-65(44-52)79(85-69-26-12-6-21-56(69)62-45-64-58-23-9-15-29-76(58)88-78(64)46-74(62)85)82-80(81-66)86-70-27-13-7-20-55(70)61-42-49(32-38-73(61)86)50-33-39-77-63(43-50)57-22-8-14-28-75(57)87-77/h1-46H. The first-order valence-electron chi connectivity index (χ1n) is 29.9. The Hall–Kier alpha value is -12.0. The van der Waals surface area contributed by atoms with Crippen molar-refractivity contribution >= 4 is 142 Å². The molecule has 0 aliphatic carbocycles. The van der Waals surface area contributed by atoms with Crippen LogP contribution < -0.4 is 0 Å². The van der Waals surface area contributed by atoms with Crippen LogP contribution in [-0.4, -0.2) is 28.2 Å². The highest BCUT2D eigenvalue weighted by Crippen LogP contribution is 2.44. The molecule has 7 aromatic heterocycles. The van der Waals surface area contributed by atoms with E-state index < -0.39 is 0 Å². The third-order valence-electron chi connectivity index (χ3n) is 18.6. The van der Waals surface area contributed by atoms with Gasteiger partial charge in [0.05, 0.1) is 49.7 Å². The van der Waals surface area contributed by atoms with E-state index in [0.29, 0.717) is 5.95 Å². The van der Waals surface area contributed by atoms with Crippen molar-refractivity contribution in [2.24, 2.45) is 0 Å². The Morgan fingerprint density at radius 1 is 0.216 bits per heavy atom. The highest BCUT2D eigenvalue weighted by atomic mass is 16.3. The summed E-state index contributed by atoms with van der Waals surface area (Å²) in [5.74, 6) is 1.34. The van der Waals surface area contributed by atoms with Crippen LogP contribution in [0.25, 0.3) is 187 Å². The fraction of sp³-hybridized carbons (Fsp3) is 0. The summed E-state index contributed by atoms with van der Waals surface area (Å²) < 4.78 is 22.3. The zero-order chi connectivity index (χ0) is 57.3. The highest BCUT2D eigenvalue weighted by Gasteiger charge is 2.24. The van der Waals surface area contributed by atoms with Gasteiger partial charge in [0.2, 0.25) is 5.95 Å². The molecule has 8 heteroatoms. The summed E-state index contributed by atoms with van der Waals surface area (Å²) in [6.07, 6.45) is 0. The zero-order valence-electron chi connectivity index (χ0n) is 47.1. The average Bonchev–Trinajstić information content (AvgIpc) is 3.03. The number of benzene rings is 13. The molecular weight excluding hydrogens is 1080 g/mol. The molecule has 0 amide bonds. The van der Waals surface area contributed by atoms with Gasteiger partial charge in [0.1, 0.15) is 22.3 Å². The molecule has 20 rings (SSSR count). The topological polar surface area (TPSA) is 71.8 Å². The maximum Gasteiger partial charge on any atom is 0.237 e. The molecule has 8 nitrogen and oxygen atoms in total. The Labute approximate surface area is 500 Å². The summed E-state index contributed by atoms with van der Waals surface area (Å²) in [7, 11) is 0. The van der Waals surface area contributed by atoms with Crippen molar-refractivity contribution in [1.29, 1.82) is 0 Å². The number of hydrogen-bond acceptors (Lipinski definition) is 4. The predicted molar refractivity (Wildman–Crippen MR) is 362 cm³/mol. The molecule has 7 heterocycles. The smallest absolute Gasteiger partial charge is 0.237 e. The molecule has 0 aliphatic rings. The van der Waals surface area contributed by atoms with Gasteiger partial charge in [-0.3, -0.25) is 9.13 Å². The first-order valence-corrected chi connectivity index (χ1v) is 29.9. The number of hydrogen-bond donors (Lipinski definition) is 0. The van der Waals surface area contributed by atoms with E-state index in [-0.39, 0.29) is 0 Å². The summed E-state index contributed by atoms with van der Waals surface area (Å²) in [5.41, 5.74) is 19.6. The lowest BCUT2D eigenvalue weighted by atomic mass is 10.0. The molecule has 0 aliphatic heterocycles. The summed E-state index contributed by atoms with van der Waals surface area (Å²) in [4.78, 5) is 11.5. The van der Waals surface area contributed by atoms with Crippen molar-refractivity contribution in [3.05, 3.63) is 279 Å². The summed E-state index contributed by atoms with van der Waals surface area (Å²) >= 11 is 0. The fourth-order valence-electron chi connectivity index (χ4n) is 14.6. The molecule has 13 aromatic carbocycles. The third-order valence-corrected chi connectivity index (χ3v) is 18.6. The van der Waals surface area contributed by atoms with Gasteiger partial charge in [0.15, 0.2) is 5.82 Å². The van der Waals surface area contributed by atoms with Crippen molar-refractivity contribution in [2.75, 3.05) is 0 Å². The second kappa shape index (κ2) is 17.8. The van der Waals surface area contributed by atoms with Gasteiger partial charge < -0.3 is 18.0 Å². The Balaban J connectivity index is 0.805. The Bertz CT molecular complexity index is 6390. The van der Waals surface area contributed by atoms with E-state index in [4.69, 9.17) is 18.8 Å². The number of nitrogens with zero attached hydrogens (tertiary/aromatic N) is 6. The van der Waals surface area contributed by atoms with Crippen LogP contribution >= 0.6 is 0 Å². The maximum atomic E-state index is 6.67. The van der Waals surface area contributed by atoms with E-state index in [1.165, 1.54) is 38.1 Å². The molecule has 88 heavy (non-hydrogen) atoms. The van der Waals surface area contributed by atoms with E-state index in [0.717, 1.165) is 143 Å². The molecule has 20 aromatic rings. The number of aromatic nitrogens is 6. The molecule has 0 radical (unpaired) electrons. The molecule has 408 valence electrons. The molecule has 0 fully saturated rings.